The van der Waals surface area contributed by atoms with Crippen molar-refractivity contribution in [2.75, 3.05) is 0 Å². The zero-order chi connectivity index (χ0) is 21.9. The van der Waals surface area contributed by atoms with Gasteiger partial charge >= 0.3 is 5.97 Å². The Morgan fingerprint density at radius 1 is 1.17 bits per heavy atom. The molecule has 1 unspecified atom stereocenters. The van der Waals surface area contributed by atoms with Gasteiger partial charge in [0, 0.05) is 12.0 Å². The molecular weight excluding hydrogens is 376 g/mol. The first kappa shape index (κ1) is 22.4. The molecule has 7 nitrogen and oxygen atoms in total. The monoisotopic (exact) mass is 402 g/mol. The standard InChI is InChI=1S/C22H26O7/c1-5-22(4,28)11-18(26)29-17(9-6-12(2)3)13-10-16(25)19-14(23)7-8-15(24)20(19)21(13)27/h6-8,10,17,23-24,28H,5,9,11H2,1-4H3/t17-,22?/m1/s1. The molecule has 2 rings (SSSR count). The largest absolute Gasteiger partial charge is 0.507 e. The second-order valence-electron chi connectivity index (χ2n) is 7.67. The van der Waals surface area contributed by atoms with Gasteiger partial charge in [-0.25, -0.2) is 0 Å². The summed E-state index contributed by atoms with van der Waals surface area (Å²) in [5.74, 6) is -2.93. The Morgan fingerprint density at radius 3 is 2.31 bits per heavy atom. The second-order valence-corrected chi connectivity index (χ2v) is 7.67. The van der Waals surface area contributed by atoms with Gasteiger partial charge in [0.15, 0.2) is 11.6 Å². The Balaban J connectivity index is 2.42. The van der Waals surface area contributed by atoms with E-state index < -0.39 is 40.7 Å². The third kappa shape index (κ3) is 5.12. The van der Waals surface area contributed by atoms with Crippen molar-refractivity contribution in [2.24, 2.45) is 0 Å². The first-order chi connectivity index (χ1) is 13.5. The molecule has 7 heteroatoms. The van der Waals surface area contributed by atoms with E-state index in [-0.39, 0.29) is 29.5 Å². The van der Waals surface area contributed by atoms with Gasteiger partial charge in [-0.15, -0.1) is 0 Å². The number of ketones is 2. The summed E-state index contributed by atoms with van der Waals surface area (Å²) in [7, 11) is 0. The Labute approximate surface area is 169 Å². The molecule has 0 aromatic heterocycles. The van der Waals surface area contributed by atoms with Crippen LogP contribution in [-0.2, 0) is 9.53 Å². The summed E-state index contributed by atoms with van der Waals surface area (Å²) >= 11 is 0. The Bertz CT molecular complexity index is 902. The van der Waals surface area contributed by atoms with Crippen LogP contribution in [-0.4, -0.2) is 44.6 Å². The van der Waals surface area contributed by atoms with Crippen molar-refractivity contribution in [3.63, 3.8) is 0 Å². The van der Waals surface area contributed by atoms with Crippen molar-refractivity contribution < 1.29 is 34.4 Å². The highest BCUT2D eigenvalue weighted by molar-refractivity contribution is 6.27. The molecule has 0 bridgehead atoms. The number of benzene rings is 1. The number of aromatic hydroxyl groups is 2. The molecule has 0 radical (unpaired) electrons. The quantitative estimate of drug-likeness (QED) is 0.364. The predicted molar refractivity (Wildman–Crippen MR) is 106 cm³/mol. The SMILES string of the molecule is CCC(C)(O)CC(=O)O[C@H](CC=C(C)C)C1=CC(=O)c2c(O)ccc(O)c2C1=O. The highest BCUT2D eigenvalue weighted by Gasteiger charge is 2.36. The number of hydrogen-bond acceptors (Lipinski definition) is 7. The molecule has 0 fully saturated rings. The molecule has 1 aromatic carbocycles. The first-order valence-corrected chi connectivity index (χ1v) is 9.37. The number of aliphatic hydroxyl groups is 1. The number of rotatable bonds is 7. The fourth-order valence-corrected chi connectivity index (χ4v) is 2.94. The summed E-state index contributed by atoms with van der Waals surface area (Å²) in [5.41, 5.74) is -1.02. The van der Waals surface area contributed by atoms with Gasteiger partial charge in [-0.2, -0.15) is 0 Å². The van der Waals surface area contributed by atoms with Gasteiger partial charge in [-0.1, -0.05) is 18.6 Å². The van der Waals surface area contributed by atoms with E-state index in [1.807, 2.05) is 13.8 Å². The molecule has 1 aliphatic rings. The van der Waals surface area contributed by atoms with Crippen molar-refractivity contribution in [1.29, 1.82) is 0 Å². The van der Waals surface area contributed by atoms with Crippen molar-refractivity contribution in [3.05, 3.63) is 46.6 Å². The molecule has 0 aliphatic heterocycles. The van der Waals surface area contributed by atoms with Crippen LogP contribution >= 0.6 is 0 Å². The van der Waals surface area contributed by atoms with Crippen LogP contribution in [0.3, 0.4) is 0 Å². The van der Waals surface area contributed by atoms with Crippen LogP contribution in [0.2, 0.25) is 0 Å². The number of esters is 1. The van der Waals surface area contributed by atoms with Gasteiger partial charge in [0.25, 0.3) is 0 Å². The van der Waals surface area contributed by atoms with Gasteiger partial charge in [-0.3, -0.25) is 14.4 Å². The fraction of sp³-hybridized carbons (Fsp3) is 0.409. The van der Waals surface area contributed by atoms with E-state index in [1.165, 1.54) is 6.92 Å². The molecule has 0 heterocycles. The highest BCUT2D eigenvalue weighted by atomic mass is 16.5. The molecule has 1 aromatic rings. The summed E-state index contributed by atoms with van der Waals surface area (Å²) in [4.78, 5) is 37.9. The lowest BCUT2D eigenvalue weighted by molar-refractivity contribution is -0.152. The topological polar surface area (TPSA) is 121 Å². The van der Waals surface area contributed by atoms with E-state index in [0.29, 0.717) is 6.42 Å². The normalized spacial score (nSPS) is 16.4. The Hall–Kier alpha value is -2.93. The molecule has 0 spiro atoms. The van der Waals surface area contributed by atoms with Crippen LogP contribution in [0.25, 0.3) is 0 Å². The molecular formula is C22H26O7. The summed E-state index contributed by atoms with van der Waals surface area (Å²) < 4.78 is 5.45. The summed E-state index contributed by atoms with van der Waals surface area (Å²) in [6, 6.07) is 2.25. The highest BCUT2D eigenvalue weighted by Crippen LogP contribution is 2.36. The van der Waals surface area contributed by atoms with E-state index in [0.717, 1.165) is 23.8 Å². The average molecular weight is 402 g/mol. The van der Waals surface area contributed by atoms with E-state index >= 15 is 0 Å². The summed E-state index contributed by atoms with van der Waals surface area (Å²) in [6.45, 7) is 6.90. The number of carbonyl (C=O) groups is 3. The van der Waals surface area contributed by atoms with Gasteiger partial charge in [-0.05, 0) is 45.4 Å². The zero-order valence-corrected chi connectivity index (χ0v) is 17.0. The van der Waals surface area contributed by atoms with Gasteiger partial charge in [0.1, 0.15) is 17.6 Å². The fourth-order valence-electron chi connectivity index (χ4n) is 2.94. The van der Waals surface area contributed by atoms with E-state index in [2.05, 4.69) is 0 Å². The zero-order valence-electron chi connectivity index (χ0n) is 17.0. The molecule has 0 amide bonds. The van der Waals surface area contributed by atoms with E-state index in [4.69, 9.17) is 4.74 Å². The maximum absolute atomic E-state index is 13.0. The van der Waals surface area contributed by atoms with Crippen molar-refractivity contribution in [3.8, 4) is 11.5 Å². The summed E-state index contributed by atoms with van der Waals surface area (Å²) in [6.07, 6.45) is 1.91. The summed E-state index contributed by atoms with van der Waals surface area (Å²) in [5, 5.41) is 30.1. The first-order valence-electron chi connectivity index (χ1n) is 9.37. The molecule has 0 saturated heterocycles. The molecule has 0 saturated carbocycles. The molecule has 29 heavy (non-hydrogen) atoms. The molecule has 2 atom stereocenters. The minimum Gasteiger partial charge on any atom is -0.507 e. The third-order valence-corrected chi connectivity index (χ3v) is 4.83. The second kappa shape index (κ2) is 8.61. The third-order valence-electron chi connectivity index (χ3n) is 4.83. The van der Waals surface area contributed by atoms with Crippen LogP contribution in [0.1, 0.15) is 67.7 Å². The van der Waals surface area contributed by atoms with Crippen molar-refractivity contribution >= 4 is 17.5 Å². The maximum atomic E-state index is 13.0. The number of fused-ring (bicyclic) bond motifs is 1. The van der Waals surface area contributed by atoms with Crippen molar-refractivity contribution in [2.45, 2.75) is 58.7 Å². The number of phenolic OH excluding ortho intramolecular Hbond substituents is 2. The number of carbonyl (C=O) groups excluding carboxylic acids is 3. The molecule has 1 aliphatic carbocycles. The lowest BCUT2D eigenvalue weighted by Crippen LogP contribution is -2.33. The van der Waals surface area contributed by atoms with Crippen molar-refractivity contribution in [1.82, 2.24) is 0 Å². The van der Waals surface area contributed by atoms with Gasteiger partial charge in [0.05, 0.1) is 23.1 Å². The minimum absolute atomic E-state index is 0.0922. The van der Waals surface area contributed by atoms with Crippen LogP contribution < -0.4 is 0 Å². The number of ether oxygens (including phenoxy) is 1. The van der Waals surface area contributed by atoms with Crippen LogP contribution in [0.15, 0.2) is 35.4 Å². The van der Waals surface area contributed by atoms with Gasteiger partial charge in [0.2, 0.25) is 0 Å². The number of hydrogen-bond donors (Lipinski definition) is 3. The Morgan fingerprint density at radius 2 is 1.76 bits per heavy atom. The van der Waals surface area contributed by atoms with Crippen LogP contribution in [0, 0.1) is 0 Å². The average Bonchev–Trinajstić information content (AvgIpc) is 2.63. The Kier molecular flexibility index (Phi) is 6.64. The predicted octanol–water partition coefficient (Wildman–Crippen LogP) is 3.22. The maximum Gasteiger partial charge on any atom is 0.309 e. The number of Topliss-reactive ketones (excluding diaryl/α,β-unsaturated/α-hetero) is 1. The van der Waals surface area contributed by atoms with Gasteiger partial charge < -0.3 is 20.1 Å². The minimum atomic E-state index is -1.25. The van der Waals surface area contributed by atoms with Crippen LogP contribution in [0.4, 0.5) is 0 Å². The number of phenols is 2. The van der Waals surface area contributed by atoms with E-state index in [9.17, 15) is 29.7 Å². The smallest absolute Gasteiger partial charge is 0.309 e. The lowest BCUT2D eigenvalue weighted by Gasteiger charge is -2.25. The molecule has 3 N–H and O–H groups in total. The number of allylic oxidation sites excluding steroid dienone is 2. The van der Waals surface area contributed by atoms with Crippen LogP contribution in [0.5, 0.6) is 11.5 Å². The molecule has 156 valence electrons. The lowest BCUT2D eigenvalue weighted by atomic mass is 9.85. The van der Waals surface area contributed by atoms with E-state index in [1.54, 1.807) is 13.0 Å².